The molecule has 1 unspecified atom stereocenters. The van der Waals surface area contributed by atoms with Crippen molar-refractivity contribution < 1.29 is 0 Å². The van der Waals surface area contributed by atoms with E-state index in [9.17, 15) is 0 Å². The molecule has 0 saturated carbocycles. The fourth-order valence-electron chi connectivity index (χ4n) is 2.55. The van der Waals surface area contributed by atoms with Gasteiger partial charge in [0.1, 0.15) is 5.82 Å². The highest BCUT2D eigenvalue weighted by Gasteiger charge is 2.21. The number of aromatic nitrogens is 5. The van der Waals surface area contributed by atoms with Crippen molar-refractivity contribution in [3.05, 3.63) is 47.6 Å². The second-order valence-corrected chi connectivity index (χ2v) is 7.00. The third-order valence-electron chi connectivity index (χ3n) is 3.97. The Kier molecular flexibility index (Phi) is 3.51. The van der Waals surface area contributed by atoms with Crippen LogP contribution in [0, 0.1) is 6.92 Å². The first-order valence-corrected chi connectivity index (χ1v) is 7.70. The van der Waals surface area contributed by atoms with Crippen LogP contribution in [0.15, 0.2) is 24.7 Å². The summed E-state index contributed by atoms with van der Waals surface area (Å²) in [7, 11) is 0. The Morgan fingerprint density at radius 2 is 2.05 bits per heavy atom. The van der Waals surface area contributed by atoms with Gasteiger partial charge in [-0.05, 0) is 19.4 Å². The van der Waals surface area contributed by atoms with Gasteiger partial charge in [0.15, 0.2) is 0 Å². The lowest BCUT2D eigenvalue weighted by atomic mass is 9.96. The molecule has 0 spiro atoms. The Labute approximate surface area is 130 Å². The summed E-state index contributed by atoms with van der Waals surface area (Å²) in [6, 6.07) is 1.91. The molecule has 0 fully saturated rings. The summed E-state index contributed by atoms with van der Waals surface area (Å²) in [6.45, 7) is 10.8. The van der Waals surface area contributed by atoms with Crippen LogP contribution in [0.3, 0.4) is 0 Å². The van der Waals surface area contributed by atoms with Crippen LogP contribution in [-0.2, 0) is 11.8 Å². The molecule has 0 saturated heterocycles. The molecule has 5 heteroatoms. The van der Waals surface area contributed by atoms with Crippen molar-refractivity contribution in [3.8, 4) is 0 Å². The summed E-state index contributed by atoms with van der Waals surface area (Å²) in [5.74, 6) is 2.11. The quantitative estimate of drug-likeness (QED) is 0.806. The molecule has 3 heterocycles. The third-order valence-corrected chi connectivity index (χ3v) is 3.97. The number of fused-ring (bicyclic) bond motifs is 1. The summed E-state index contributed by atoms with van der Waals surface area (Å²) in [4.78, 5) is 17.1. The van der Waals surface area contributed by atoms with Crippen LogP contribution in [0.1, 0.15) is 56.5 Å². The van der Waals surface area contributed by atoms with Crippen molar-refractivity contribution in [3.63, 3.8) is 0 Å². The third kappa shape index (κ3) is 2.75. The minimum atomic E-state index is 0.0409. The Balaban J connectivity index is 1.85. The maximum atomic E-state index is 4.68. The van der Waals surface area contributed by atoms with Crippen molar-refractivity contribution in [2.24, 2.45) is 0 Å². The van der Waals surface area contributed by atoms with E-state index in [1.165, 1.54) is 5.69 Å². The van der Waals surface area contributed by atoms with Crippen molar-refractivity contribution in [1.82, 2.24) is 24.3 Å². The predicted octanol–water partition coefficient (Wildman–Crippen LogP) is 3.40. The Morgan fingerprint density at radius 3 is 2.68 bits per heavy atom. The molecule has 0 aliphatic rings. The average molecular weight is 297 g/mol. The Morgan fingerprint density at radius 1 is 1.27 bits per heavy atom. The molecule has 1 N–H and O–H groups in total. The number of hydrogen-bond donors (Lipinski definition) is 1. The van der Waals surface area contributed by atoms with Gasteiger partial charge in [0.2, 0.25) is 5.78 Å². The van der Waals surface area contributed by atoms with Crippen LogP contribution in [0.4, 0.5) is 0 Å². The molecule has 1 atom stereocenters. The number of nitrogens with zero attached hydrogens (tertiary/aromatic N) is 4. The monoisotopic (exact) mass is 297 g/mol. The molecule has 3 aromatic heterocycles. The first-order valence-electron chi connectivity index (χ1n) is 7.70. The van der Waals surface area contributed by atoms with Gasteiger partial charge in [-0.2, -0.15) is 0 Å². The van der Waals surface area contributed by atoms with Crippen LogP contribution in [0.2, 0.25) is 0 Å². The van der Waals surface area contributed by atoms with Crippen molar-refractivity contribution in [1.29, 1.82) is 0 Å². The molecule has 0 radical (unpaired) electrons. The largest absolute Gasteiger partial charge is 0.345 e. The minimum absolute atomic E-state index is 0.0409. The number of H-pyrrole nitrogens is 1. The zero-order valence-corrected chi connectivity index (χ0v) is 13.9. The van der Waals surface area contributed by atoms with Gasteiger partial charge in [0.05, 0.1) is 11.4 Å². The molecule has 0 bridgehead atoms. The first kappa shape index (κ1) is 14.8. The van der Waals surface area contributed by atoms with Gasteiger partial charge >= 0.3 is 0 Å². The molecule has 116 valence electrons. The smallest absolute Gasteiger partial charge is 0.233 e. The molecule has 0 aliphatic carbocycles. The van der Waals surface area contributed by atoms with E-state index in [2.05, 4.69) is 60.8 Å². The predicted molar refractivity (Wildman–Crippen MR) is 87.1 cm³/mol. The summed E-state index contributed by atoms with van der Waals surface area (Å²) in [5.41, 5.74) is 3.38. The van der Waals surface area contributed by atoms with Gasteiger partial charge in [-0.1, -0.05) is 27.7 Å². The highest BCUT2D eigenvalue weighted by atomic mass is 15.1. The van der Waals surface area contributed by atoms with Gasteiger partial charge in [0.25, 0.3) is 0 Å². The second kappa shape index (κ2) is 5.23. The first-order chi connectivity index (χ1) is 10.3. The molecule has 5 nitrogen and oxygen atoms in total. The van der Waals surface area contributed by atoms with Crippen LogP contribution in [0.25, 0.3) is 5.78 Å². The zero-order valence-electron chi connectivity index (χ0n) is 13.9. The fourth-order valence-corrected chi connectivity index (χ4v) is 2.55. The standard InChI is InChI=1S/C17H23N5/c1-11(14-10-22-8-6-7-18-16(22)21-14)9-13-12(2)19-15(20-13)17(3,4)5/h6-8,10-11H,9H2,1-5H3,(H,19,20). The second-order valence-electron chi connectivity index (χ2n) is 7.00. The van der Waals surface area contributed by atoms with E-state index in [0.717, 1.165) is 29.4 Å². The molecule has 0 aliphatic heterocycles. The number of rotatable bonds is 3. The van der Waals surface area contributed by atoms with Gasteiger partial charge in [0, 0.05) is 35.6 Å². The highest BCUT2D eigenvalue weighted by molar-refractivity contribution is 5.31. The van der Waals surface area contributed by atoms with Crippen molar-refractivity contribution in [2.45, 2.75) is 52.4 Å². The SMILES string of the molecule is Cc1nc(C(C)(C)C)[nH]c1CC(C)c1cn2cccnc2n1. The lowest BCUT2D eigenvalue weighted by Gasteiger charge is -2.14. The molecule has 22 heavy (non-hydrogen) atoms. The number of imidazole rings is 2. The summed E-state index contributed by atoms with van der Waals surface area (Å²) in [6.07, 6.45) is 6.71. The molecule has 0 aromatic carbocycles. The number of nitrogens with one attached hydrogen (secondary N) is 1. The van der Waals surface area contributed by atoms with E-state index in [4.69, 9.17) is 0 Å². The number of aryl methyl sites for hydroxylation is 1. The highest BCUT2D eigenvalue weighted by Crippen LogP contribution is 2.24. The fraction of sp³-hybridized carbons (Fsp3) is 0.471. The van der Waals surface area contributed by atoms with Crippen LogP contribution < -0.4 is 0 Å². The van der Waals surface area contributed by atoms with Gasteiger partial charge in [-0.3, -0.25) is 4.40 Å². The van der Waals surface area contributed by atoms with Gasteiger partial charge in [-0.25, -0.2) is 15.0 Å². The number of hydrogen-bond acceptors (Lipinski definition) is 3. The molecular weight excluding hydrogens is 274 g/mol. The topological polar surface area (TPSA) is 58.9 Å². The van der Waals surface area contributed by atoms with Crippen molar-refractivity contribution in [2.75, 3.05) is 0 Å². The lowest BCUT2D eigenvalue weighted by Crippen LogP contribution is -2.13. The van der Waals surface area contributed by atoms with E-state index >= 15 is 0 Å². The van der Waals surface area contributed by atoms with Crippen molar-refractivity contribution >= 4 is 5.78 Å². The normalized spacial score (nSPS) is 13.7. The van der Waals surface area contributed by atoms with E-state index in [-0.39, 0.29) is 5.41 Å². The molecule has 3 rings (SSSR count). The van der Waals surface area contributed by atoms with E-state index in [1.54, 1.807) is 6.20 Å². The van der Waals surface area contributed by atoms with Crippen LogP contribution >= 0.6 is 0 Å². The summed E-state index contributed by atoms with van der Waals surface area (Å²) < 4.78 is 1.96. The Bertz CT molecular complexity index is 758. The summed E-state index contributed by atoms with van der Waals surface area (Å²) in [5, 5.41) is 0. The van der Waals surface area contributed by atoms with Gasteiger partial charge < -0.3 is 4.98 Å². The van der Waals surface area contributed by atoms with E-state index in [1.807, 2.05) is 16.7 Å². The molecule has 3 aromatic rings. The maximum Gasteiger partial charge on any atom is 0.233 e. The van der Waals surface area contributed by atoms with Gasteiger partial charge in [-0.15, -0.1) is 0 Å². The van der Waals surface area contributed by atoms with E-state index in [0.29, 0.717) is 5.92 Å². The molecule has 0 amide bonds. The lowest BCUT2D eigenvalue weighted by molar-refractivity contribution is 0.549. The average Bonchev–Trinajstić information content (AvgIpc) is 3.02. The Hall–Kier alpha value is -2.17. The molecular formula is C17H23N5. The zero-order chi connectivity index (χ0) is 15.9. The number of aromatic amines is 1. The maximum absolute atomic E-state index is 4.68. The van der Waals surface area contributed by atoms with Crippen LogP contribution in [0.5, 0.6) is 0 Å². The minimum Gasteiger partial charge on any atom is -0.345 e. The van der Waals surface area contributed by atoms with Crippen LogP contribution in [-0.4, -0.2) is 24.3 Å². The van der Waals surface area contributed by atoms with E-state index < -0.39 is 0 Å². The summed E-state index contributed by atoms with van der Waals surface area (Å²) >= 11 is 0.